The molecule has 0 saturated carbocycles. The minimum Gasteiger partial charge on any atom is -0.379 e. The first-order valence-electron chi connectivity index (χ1n) is 5.35. The Hall–Kier alpha value is -0.280. The number of benzene rings is 1. The Balaban J connectivity index is 0.00000128. The first kappa shape index (κ1) is 13.8. The molecule has 1 atom stereocenters. The molecule has 1 aromatic rings. The molecule has 90 valence electrons. The second kappa shape index (κ2) is 6.45. The molecule has 1 aliphatic rings. The van der Waals surface area contributed by atoms with Crippen molar-refractivity contribution in [3.8, 4) is 0 Å². The van der Waals surface area contributed by atoms with Gasteiger partial charge in [-0.1, -0.05) is 29.8 Å². The Bertz CT molecular complexity index is 327. The molecule has 1 unspecified atom stereocenters. The lowest BCUT2D eigenvalue weighted by Gasteiger charge is -2.32. The average molecular weight is 262 g/mol. The molecule has 1 aromatic carbocycles. The molecule has 16 heavy (non-hydrogen) atoms. The van der Waals surface area contributed by atoms with Crippen LogP contribution in [0.3, 0.4) is 0 Å². The van der Waals surface area contributed by atoms with Crippen LogP contribution in [-0.4, -0.2) is 31.2 Å². The number of hydrogen-bond acceptors (Lipinski definition) is 2. The van der Waals surface area contributed by atoms with Gasteiger partial charge in [-0.3, -0.25) is 4.90 Å². The molecule has 0 N–H and O–H groups in total. The number of rotatable bonds is 2. The highest BCUT2D eigenvalue weighted by Gasteiger charge is 2.19. The first-order chi connectivity index (χ1) is 7.29. The summed E-state index contributed by atoms with van der Waals surface area (Å²) in [6.07, 6.45) is 0. The zero-order chi connectivity index (χ0) is 10.7. The maximum Gasteiger partial charge on any atom is 0.0594 e. The monoisotopic (exact) mass is 261 g/mol. The van der Waals surface area contributed by atoms with Crippen LogP contribution in [0.15, 0.2) is 24.3 Å². The van der Waals surface area contributed by atoms with E-state index in [0.717, 1.165) is 31.3 Å². The van der Waals surface area contributed by atoms with Gasteiger partial charge in [0.15, 0.2) is 0 Å². The van der Waals surface area contributed by atoms with Crippen LogP contribution in [0.4, 0.5) is 0 Å². The van der Waals surface area contributed by atoms with Gasteiger partial charge in [0.2, 0.25) is 0 Å². The van der Waals surface area contributed by atoms with Gasteiger partial charge >= 0.3 is 0 Å². The Morgan fingerprint density at radius 2 is 1.88 bits per heavy atom. The van der Waals surface area contributed by atoms with Crippen LogP contribution in [0.25, 0.3) is 0 Å². The molecule has 4 heteroatoms. The molecule has 1 fully saturated rings. The predicted octanol–water partition coefficient (Wildman–Crippen LogP) is 3.16. The Kier molecular flexibility index (Phi) is 5.56. The fourth-order valence-electron chi connectivity index (χ4n) is 1.98. The zero-order valence-electron chi connectivity index (χ0n) is 9.36. The van der Waals surface area contributed by atoms with E-state index in [1.807, 2.05) is 18.2 Å². The van der Waals surface area contributed by atoms with Crippen molar-refractivity contribution < 1.29 is 4.74 Å². The number of hydrogen-bond donors (Lipinski definition) is 0. The summed E-state index contributed by atoms with van der Waals surface area (Å²) in [5.41, 5.74) is 1.21. The SMILES string of the molecule is CC(c1ccccc1Cl)N1CCOCC1.Cl. The second-order valence-corrected chi connectivity index (χ2v) is 4.25. The third-order valence-corrected chi connectivity index (χ3v) is 3.29. The second-order valence-electron chi connectivity index (χ2n) is 3.85. The summed E-state index contributed by atoms with van der Waals surface area (Å²) >= 11 is 6.18. The lowest BCUT2D eigenvalue weighted by molar-refractivity contribution is 0.0199. The van der Waals surface area contributed by atoms with Crippen LogP contribution in [0, 0.1) is 0 Å². The fourth-order valence-corrected chi connectivity index (χ4v) is 2.27. The quantitative estimate of drug-likeness (QED) is 0.811. The highest BCUT2D eigenvalue weighted by atomic mass is 35.5. The van der Waals surface area contributed by atoms with Crippen molar-refractivity contribution in [2.24, 2.45) is 0 Å². The summed E-state index contributed by atoms with van der Waals surface area (Å²) in [4.78, 5) is 2.41. The molecule has 1 aliphatic heterocycles. The van der Waals surface area contributed by atoms with E-state index in [2.05, 4.69) is 17.9 Å². The van der Waals surface area contributed by atoms with Crippen LogP contribution >= 0.6 is 24.0 Å². The van der Waals surface area contributed by atoms with Gasteiger partial charge in [-0.2, -0.15) is 0 Å². The summed E-state index contributed by atoms with van der Waals surface area (Å²) in [5, 5.41) is 0.858. The van der Waals surface area contributed by atoms with Crippen LogP contribution in [-0.2, 0) is 4.74 Å². The highest BCUT2D eigenvalue weighted by Crippen LogP contribution is 2.27. The van der Waals surface area contributed by atoms with E-state index in [1.54, 1.807) is 0 Å². The van der Waals surface area contributed by atoms with Crippen molar-refractivity contribution in [3.05, 3.63) is 34.9 Å². The topological polar surface area (TPSA) is 12.5 Å². The van der Waals surface area contributed by atoms with E-state index in [-0.39, 0.29) is 12.4 Å². The predicted molar refractivity (Wildman–Crippen MR) is 69.5 cm³/mol. The smallest absolute Gasteiger partial charge is 0.0594 e. The van der Waals surface area contributed by atoms with Crippen molar-refractivity contribution >= 4 is 24.0 Å². The standard InChI is InChI=1S/C12H16ClNO.ClH/c1-10(14-6-8-15-9-7-14)11-4-2-3-5-12(11)13;/h2-5,10H,6-9H2,1H3;1H. The van der Waals surface area contributed by atoms with E-state index in [9.17, 15) is 0 Å². The van der Waals surface area contributed by atoms with Crippen molar-refractivity contribution in [2.45, 2.75) is 13.0 Å². The minimum absolute atomic E-state index is 0. The molecular formula is C12H17Cl2NO. The van der Waals surface area contributed by atoms with Crippen LogP contribution < -0.4 is 0 Å². The largest absolute Gasteiger partial charge is 0.379 e. The van der Waals surface area contributed by atoms with Gasteiger partial charge in [0, 0.05) is 24.2 Å². The lowest BCUT2D eigenvalue weighted by atomic mass is 10.1. The molecule has 0 spiro atoms. The number of ether oxygens (including phenoxy) is 1. The number of morpholine rings is 1. The van der Waals surface area contributed by atoms with Gasteiger partial charge in [0.05, 0.1) is 13.2 Å². The molecule has 1 saturated heterocycles. The van der Waals surface area contributed by atoms with E-state index < -0.39 is 0 Å². The van der Waals surface area contributed by atoms with Gasteiger partial charge in [-0.25, -0.2) is 0 Å². The molecular weight excluding hydrogens is 245 g/mol. The van der Waals surface area contributed by atoms with Crippen molar-refractivity contribution in [2.75, 3.05) is 26.3 Å². The summed E-state index contributed by atoms with van der Waals surface area (Å²) in [6, 6.07) is 8.44. The Morgan fingerprint density at radius 1 is 1.25 bits per heavy atom. The normalized spacial score (nSPS) is 18.9. The lowest BCUT2D eigenvalue weighted by Crippen LogP contribution is -2.38. The summed E-state index contributed by atoms with van der Waals surface area (Å²) in [7, 11) is 0. The van der Waals surface area contributed by atoms with Crippen molar-refractivity contribution in [1.29, 1.82) is 0 Å². The Morgan fingerprint density at radius 3 is 2.50 bits per heavy atom. The van der Waals surface area contributed by atoms with E-state index in [0.29, 0.717) is 6.04 Å². The Labute approximate surface area is 108 Å². The molecule has 0 aliphatic carbocycles. The van der Waals surface area contributed by atoms with E-state index >= 15 is 0 Å². The van der Waals surface area contributed by atoms with Crippen molar-refractivity contribution in [1.82, 2.24) is 4.90 Å². The third-order valence-electron chi connectivity index (χ3n) is 2.95. The molecule has 0 bridgehead atoms. The van der Waals surface area contributed by atoms with E-state index in [4.69, 9.17) is 16.3 Å². The van der Waals surface area contributed by atoms with Gasteiger partial charge in [0.1, 0.15) is 0 Å². The summed E-state index contributed by atoms with van der Waals surface area (Å²) in [6.45, 7) is 5.84. The first-order valence-corrected chi connectivity index (χ1v) is 5.73. The van der Waals surface area contributed by atoms with Gasteiger partial charge in [0.25, 0.3) is 0 Å². The zero-order valence-corrected chi connectivity index (χ0v) is 10.9. The van der Waals surface area contributed by atoms with Gasteiger partial charge < -0.3 is 4.74 Å². The van der Waals surface area contributed by atoms with Gasteiger partial charge in [-0.15, -0.1) is 12.4 Å². The average Bonchev–Trinajstić information content (AvgIpc) is 2.30. The van der Waals surface area contributed by atoms with Crippen molar-refractivity contribution in [3.63, 3.8) is 0 Å². The van der Waals surface area contributed by atoms with E-state index in [1.165, 1.54) is 5.56 Å². The molecule has 0 radical (unpaired) electrons. The molecule has 2 rings (SSSR count). The molecule has 0 aromatic heterocycles. The summed E-state index contributed by atoms with van der Waals surface area (Å²) in [5.74, 6) is 0. The fraction of sp³-hybridized carbons (Fsp3) is 0.500. The highest BCUT2D eigenvalue weighted by molar-refractivity contribution is 6.31. The molecule has 2 nitrogen and oxygen atoms in total. The number of halogens is 2. The van der Waals surface area contributed by atoms with Gasteiger partial charge in [-0.05, 0) is 18.6 Å². The minimum atomic E-state index is 0. The maximum absolute atomic E-state index is 6.18. The van der Waals surface area contributed by atoms with Crippen LogP contribution in [0.5, 0.6) is 0 Å². The van der Waals surface area contributed by atoms with Crippen LogP contribution in [0.1, 0.15) is 18.5 Å². The molecule has 1 heterocycles. The summed E-state index contributed by atoms with van der Waals surface area (Å²) < 4.78 is 5.34. The number of nitrogens with zero attached hydrogens (tertiary/aromatic N) is 1. The molecule has 0 amide bonds. The van der Waals surface area contributed by atoms with Crippen LogP contribution in [0.2, 0.25) is 5.02 Å². The maximum atomic E-state index is 6.18. The third kappa shape index (κ3) is 3.11.